The van der Waals surface area contributed by atoms with Crippen molar-refractivity contribution >= 4 is 0 Å². The fourth-order valence-corrected chi connectivity index (χ4v) is 2.06. The van der Waals surface area contributed by atoms with E-state index >= 15 is 0 Å². The van der Waals surface area contributed by atoms with Crippen molar-refractivity contribution in [2.45, 2.75) is 39.7 Å². The summed E-state index contributed by atoms with van der Waals surface area (Å²) in [6.45, 7) is 8.96. The Hall–Kier alpha value is -1.06. The number of rotatable bonds is 9. The molecule has 0 spiro atoms. The summed E-state index contributed by atoms with van der Waals surface area (Å²) in [6, 6.07) is 6.82. The van der Waals surface area contributed by atoms with Crippen molar-refractivity contribution in [1.29, 1.82) is 0 Å². The zero-order chi connectivity index (χ0) is 14.1. The predicted octanol–water partition coefficient (Wildman–Crippen LogP) is 3.47. The molecule has 0 aliphatic rings. The first-order chi connectivity index (χ1) is 9.19. The molecule has 0 radical (unpaired) electrons. The number of aryl methyl sites for hydroxylation is 1. The molecule has 0 saturated carbocycles. The first-order valence-corrected chi connectivity index (χ1v) is 7.14. The second-order valence-corrected chi connectivity index (χ2v) is 4.85. The fourth-order valence-electron chi connectivity index (χ4n) is 2.06. The van der Waals surface area contributed by atoms with E-state index in [1.165, 1.54) is 11.1 Å². The molecule has 0 fully saturated rings. The molecule has 0 aliphatic heterocycles. The second-order valence-electron chi connectivity index (χ2n) is 4.85. The lowest BCUT2D eigenvalue weighted by molar-refractivity contribution is 0.184. The lowest BCUT2D eigenvalue weighted by atomic mass is 10.1. The topological polar surface area (TPSA) is 30.5 Å². The van der Waals surface area contributed by atoms with Crippen LogP contribution in [0.3, 0.4) is 0 Å². The van der Waals surface area contributed by atoms with Crippen molar-refractivity contribution in [3.05, 3.63) is 29.3 Å². The van der Waals surface area contributed by atoms with Crippen LogP contribution < -0.4 is 10.1 Å². The number of hydrogen-bond donors (Lipinski definition) is 1. The summed E-state index contributed by atoms with van der Waals surface area (Å²) in [5.41, 5.74) is 2.51. The van der Waals surface area contributed by atoms with Gasteiger partial charge in [0, 0.05) is 19.8 Å². The zero-order valence-electron chi connectivity index (χ0n) is 12.7. The molecule has 1 rings (SSSR count). The minimum absolute atomic E-state index is 0.388. The molecule has 19 heavy (non-hydrogen) atoms. The zero-order valence-corrected chi connectivity index (χ0v) is 12.7. The van der Waals surface area contributed by atoms with Gasteiger partial charge in [0.15, 0.2) is 0 Å². The van der Waals surface area contributed by atoms with Gasteiger partial charge in [-0.2, -0.15) is 0 Å². The van der Waals surface area contributed by atoms with Crippen LogP contribution in [0, 0.1) is 6.92 Å². The minimum Gasteiger partial charge on any atom is -0.493 e. The lowest BCUT2D eigenvalue weighted by Gasteiger charge is -2.15. The van der Waals surface area contributed by atoms with E-state index in [2.05, 4.69) is 44.3 Å². The minimum atomic E-state index is 0.388. The van der Waals surface area contributed by atoms with Crippen LogP contribution in [0.25, 0.3) is 0 Å². The molecule has 3 heteroatoms. The second kappa shape index (κ2) is 8.94. The highest BCUT2D eigenvalue weighted by Crippen LogP contribution is 2.22. The quantitative estimate of drug-likeness (QED) is 0.693. The van der Waals surface area contributed by atoms with Gasteiger partial charge >= 0.3 is 0 Å². The molecule has 0 bridgehead atoms. The van der Waals surface area contributed by atoms with Gasteiger partial charge in [-0.25, -0.2) is 0 Å². The van der Waals surface area contributed by atoms with Gasteiger partial charge < -0.3 is 14.8 Å². The van der Waals surface area contributed by atoms with Gasteiger partial charge in [-0.15, -0.1) is 0 Å². The molecule has 0 amide bonds. The lowest BCUT2D eigenvalue weighted by Crippen LogP contribution is -2.17. The summed E-state index contributed by atoms with van der Waals surface area (Å²) in [4.78, 5) is 0. The number of hydrogen-bond acceptors (Lipinski definition) is 3. The standard InChI is InChI=1S/C16H27NO2/c1-5-17-14(3)15-8-9-16(13(2)12-15)19-11-7-6-10-18-4/h8-9,12,14,17H,5-7,10-11H2,1-4H3. The number of unbranched alkanes of at least 4 members (excludes halogenated alkanes) is 1. The van der Waals surface area contributed by atoms with E-state index in [4.69, 9.17) is 9.47 Å². The van der Waals surface area contributed by atoms with Gasteiger partial charge in [0.05, 0.1) is 6.61 Å². The Morgan fingerprint density at radius 2 is 1.95 bits per heavy atom. The summed E-state index contributed by atoms with van der Waals surface area (Å²) in [5.74, 6) is 0.991. The van der Waals surface area contributed by atoms with E-state index in [-0.39, 0.29) is 0 Å². The molecule has 1 aromatic carbocycles. The molecule has 0 aliphatic carbocycles. The number of nitrogens with one attached hydrogen (secondary N) is 1. The van der Waals surface area contributed by atoms with Crippen molar-refractivity contribution in [2.75, 3.05) is 26.9 Å². The largest absolute Gasteiger partial charge is 0.493 e. The first-order valence-electron chi connectivity index (χ1n) is 7.14. The molecule has 0 heterocycles. The Morgan fingerprint density at radius 3 is 2.58 bits per heavy atom. The molecule has 0 saturated heterocycles. The smallest absolute Gasteiger partial charge is 0.122 e. The van der Waals surface area contributed by atoms with Crippen LogP contribution in [-0.2, 0) is 4.74 Å². The Labute approximate surface area is 117 Å². The number of ether oxygens (including phenoxy) is 2. The average Bonchev–Trinajstić information content (AvgIpc) is 2.40. The maximum atomic E-state index is 5.80. The SMILES string of the molecule is CCNC(C)c1ccc(OCCCCOC)c(C)c1. The summed E-state index contributed by atoms with van der Waals surface area (Å²) >= 11 is 0. The van der Waals surface area contributed by atoms with Crippen LogP contribution in [0.5, 0.6) is 5.75 Å². The number of benzene rings is 1. The molecule has 108 valence electrons. The maximum Gasteiger partial charge on any atom is 0.122 e. The average molecular weight is 265 g/mol. The van der Waals surface area contributed by atoms with Gasteiger partial charge in [0.2, 0.25) is 0 Å². The van der Waals surface area contributed by atoms with Crippen molar-refractivity contribution < 1.29 is 9.47 Å². The molecule has 1 atom stereocenters. The molecule has 3 nitrogen and oxygen atoms in total. The van der Waals surface area contributed by atoms with Gasteiger partial charge in [-0.05, 0) is 50.4 Å². The normalized spacial score (nSPS) is 12.4. The molecular formula is C16H27NO2. The van der Waals surface area contributed by atoms with Crippen molar-refractivity contribution in [3.8, 4) is 5.75 Å². The highest BCUT2D eigenvalue weighted by molar-refractivity contribution is 5.37. The molecule has 1 aromatic rings. The Balaban J connectivity index is 2.47. The van der Waals surface area contributed by atoms with E-state index in [0.717, 1.165) is 38.3 Å². The number of methoxy groups -OCH3 is 1. The van der Waals surface area contributed by atoms with Crippen molar-refractivity contribution in [2.24, 2.45) is 0 Å². The van der Waals surface area contributed by atoms with E-state index in [1.54, 1.807) is 7.11 Å². The molecular weight excluding hydrogens is 238 g/mol. The van der Waals surface area contributed by atoms with Crippen molar-refractivity contribution in [3.63, 3.8) is 0 Å². The van der Waals surface area contributed by atoms with Crippen LogP contribution in [0.1, 0.15) is 43.9 Å². The van der Waals surface area contributed by atoms with E-state index in [9.17, 15) is 0 Å². The highest BCUT2D eigenvalue weighted by atomic mass is 16.5. The Kier molecular flexibility index (Phi) is 7.53. The van der Waals surface area contributed by atoms with Crippen LogP contribution in [-0.4, -0.2) is 26.9 Å². The van der Waals surface area contributed by atoms with Gasteiger partial charge in [0.1, 0.15) is 5.75 Å². The third-order valence-electron chi connectivity index (χ3n) is 3.21. The summed E-state index contributed by atoms with van der Waals surface area (Å²) < 4.78 is 10.8. The van der Waals surface area contributed by atoms with Crippen molar-refractivity contribution in [1.82, 2.24) is 5.32 Å². The summed E-state index contributed by atoms with van der Waals surface area (Å²) in [5, 5.41) is 3.42. The van der Waals surface area contributed by atoms with E-state index in [0.29, 0.717) is 6.04 Å². The molecule has 1 N–H and O–H groups in total. The summed E-state index contributed by atoms with van der Waals surface area (Å²) in [7, 11) is 1.73. The maximum absolute atomic E-state index is 5.80. The third kappa shape index (κ3) is 5.62. The van der Waals surface area contributed by atoms with Gasteiger partial charge in [0.25, 0.3) is 0 Å². The van der Waals surface area contributed by atoms with Crippen LogP contribution in [0.4, 0.5) is 0 Å². The van der Waals surface area contributed by atoms with Gasteiger partial charge in [-0.1, -0.05) is 19.1 Å². The van der Waals surface area contributed by atoms with Crippen LogP contribution >= 0.6 is 0 Å². The van der Waals surface area contributed by atoms with E-state index in [1.807, 2.05) is 0 Å². The third-order valence-corrected chi connectivity index (χ3v) is 3.21. The van der Waals surface area contributed by atoms with Crippen LogP contribution in [0.15, 0.2) is 18.2 Å². The van der Waals surface area contributed by atoms with E-state index < -0.39 is 0 Å². The molecule has 0 aromatic heterocycles. The highest BCUT2D eigenvalue weighted by Gasteiger charge is 2.06. The fraction of sp³-hybridized carbons (Fsp3) is 0.625. The summed E-state index contributed by atoms with van der Waals surface area (Å²) in [6.07, 6.45) is 2.08. The first kappa shape index (κ1) is 16.0. The Bertz CT molecular complexity index is 366. The predicted molar refractivity (Wildman–Crippen MR) is 79.9 cm³/mol. The van der Waals surface area contributed by atoms with Gasteiger partial charge in [-0.3, -0.25) is 0 Å². The molecule has 1 unspecified atom stereocenters. The Morgan fingerprint density at radius 1 is 1.21 bits per heavy atom. The monoisotopic (exact) mass is 265 g/mol. The van der Waals surface area contributed by atoms with Crippen LogP contribution in [0.2, 0.25) is 0 Å².